The summed E-state index contributed by atoms with van der Waals surface area (Å²) in [5.74, 6) is 2.03. The molecule has 148 valence electrons. The van der Waals surface area contributed by atoms with Crippen LogP contribution in [0, 0.1) is 9.67 Å². The Morgan fingerprint density at radius 1 is 0.793 bits per heavy atom. The zero-order chi connectivity index (χ0) is 20.4. The van der Waals surface area contributed by atoms with Gasteiger partial charge in [-0.1, -0.05) is 12.1 Å². The van der Waals surface area contributed by atoms with Gasteiger partial charge in [-0.15, -0.1) is 10.2 Å². The van der Waals surface area contributed by atoms with E-state index in [1.54, 1.807) is 14.2 Å². The highest BCUT2D eigenvalue weighted by atomic mass is 32.1. The molecule has 0 unspecified atom stereocenters. The quantitative estimate of drug-likeness (QED) is 0.425. The molecule has 2 aromatic heterocycles. The number of benzene rings is 2. The summed E-state index contributed by atoms with van der Waals surface area (Å²) in [5, 5.41) is 13.4. The van der Waals surface area contributed by atoms with Crippen molar-refractivity contribution in [3.8, 4) is 34.4 Å². The summed E-state index contributed by atoms with van der Waals surface area (Å²) in [4.78, 5) is 0.409. The van der Waals surface area contributed by atoms with Gasteiger partial charge in [0.1, 0.15) is 11.5 Å². The Kier molecular flexibility index (Phi) is 5.28. The highest BCUT2D eigenvalue weighted by Crippen LogP contribution is 2.33. The van der Waals surface area contributed by atoms with E-state index in [1.807, 2.05) is 36.4 Å². The van der Waals surface area contributed by atoms with Crippen LogP contribution in [0.15, 0.2) is 45.2 Å². The average Bonchev–Trinajstić information content (AvgIpc) is 3.36. The van der Waals surface area contributed by atoms with Crippen LogP contribution in [0.2, 0.25) is 0 Å². The molecule has 0 spiro atoms. The highest BCUT2D eigenvalue weighted by Gasteiger charge is 2.15. The lowest BCUT2D eigenvalue weighted by Crippen LogP contribution is -1.95. The molecule has 0 saturated heterocycles. The average molecular weight is 428 g/mol. The molecule has 2 heterocycles. The van der Waals surface area contributed by atoms with E-state index < -0.39 is 0 Å². The van der Waals surface area contributed by atoms with E-state index in [1.165, 1.54) is 0 Å². The molecule has 4 rings (SSSR count). The van der Waals surface area contributed by atoms with Crippen LogP contribution in [0.1, 0.15) is 11.1 Å². The van der Waals surface area contributed by atoms with Crippen molar-refractivity contribution < 1.29 is 18.3 Å². The fraction of sp³-hybridized carbons (Fsp3) is 0.158. The second-order valence-corrected chi connectivity index (χ2v) is 6.82. The number of H-pyrrole nitrogens is 2. The number of hydrogen-bond acceptors (Lipinski definition) is 8. The first-order chi connectivity index (χ1) is 14.1. The molecule has 0 aliphatic carbocycles. The zero-order valence-corrected chi connectivity index (χ0v) is 17.1. The molecule has 0 amide bonds. The van der Waals surface area contributed by atoms with E-state index in [-0.39, 0.29) is 9.67 Å². The van der Waals surface area contributed by atoms with Crippen LogP contribution in [0.5, 0.6) is 11.5 Å². The van der Waals surface area contributed by atoms with E-state index in [4.69, 9.17) is 42.7 Å². The van der Waals surface area contributed by atoms with E-state index >= 15 is 0 Å². The smallest absolute Gasteiger partial charge is 0.284 e. The Bertz CT molecular complexity index is 1170. The number of nitrogens with zero attached hydrogens (tertiary/aromatic N) is 2. The molecule has 0 aliphatic rings. The Morgan fingerprint density at radius 2 is 1.24 bits per heavy atom. The van der Waals surface area contributed by atoms with E-state index in [0.29, 0.717) is 40.8 Å². The van der Waals surface area contributed by atoms with Crippen LogP contribution in [-0.4, -0.2) is 34.6 Å². The summed E-state index contributed by atoms with van der Waals surface area (Å²) < 4.78 is 21.7. The SMILES string of the molecule is COc1ccc(Cc2ccc(OC)c(-c3n[nH]c(=S)o3)c2)cc1-c1n[nH]c(=S)o1. The Morgan fingerprint density at radius 3 is 1.59 bits per heavy atom. The minimum absolute atomic E-state index is 0.205. The molecule has 2 aromatic carbocycles. The monoisotopic (exact) mass is 428 g/mol. The Balaban J connectivity index is 1.71. The maximum absolute atomic E-state index is 5.44. The number of ether oxygens (including phenoxy) is 2. The van der Waals surface area contributed by atoms with Gasteiger partial charge in [-0.3, -0.25) is 0 Å². The fourth-order valence-corrected chi connectivity index (χ4v) is 3.24. The van der Waals surface area contributed by atoms with Crippen molar-refractivity contribution in [2.24, 2.45) is 0 Å². The Hall–Kier alpha value is -3.24. The van der Waals surface area contributed by atoms with Gasteiger partial charge < -0.3 is 18.3 Å². The normalized spacial score (nSPS) is 10.8. The van der Waals surface area contributed by atoms with Crippen LogP contribution >= 0.6 is 24.4 Å². The van der Waals surface area contributed by atoms with Gasteiger partial charge in [0.25, 0.3) is 9.67 Å². The van der Waals surface area contributed by atoms with E-state index in [9.17, 15) is 0 Å². The van der Waals surface area contributed by atoms with Crippen molar-refractivity contribution in [3.63, 3.8) is 0 Å². The molecule has 0 atom stereocenters. The molecule has 29 heavy (non-hydrogen) atoms. The first-order valence-electron chi connectivity index (χ1n) is 8.53. The first-order valence-corrected chi connectivity index (χ1v) is 9.34. The van der Waals surface area contributed by atoms with Crippen LogP contribution in [0.25, 0.3) is 22.9 Å². The second-order valence-electron chi connectivity index (χ2n) is 6.08. The summed E-state index contributed by atoms with van der Waals surface area (Å²) in [6.45, 7) is 0. The molecule has 0 fully saturated rings. The first kappa shape index (κ1) is 19.1. The number of hydrogen-bond donors (Lipinski definition) is 2. The maximum Gasteiger partial charge on any atom is 0.284 e. The van der Waals surface area contributed by atoms with Gasteiger partial charge >= 0.3 is 0 Å². The number of rotatable bonds is 6. The van der Waals surface area contributed by atoms with Gasteiger partial charge in [0.05, 0.1) is 25.3 Å². The molecule has 4 aromatic rings. The van der Waals surface area contributed by atoms with E-state index in [2.05, 4.69) is 20.4 Å². The van der Waals surface area contributed by atoms with Crippen molar-refractivity contribution in [1.29, 1.82) is 0 Å². The minimum Gasteiger partial charge on any atom is -0.496 e. The molecular weight excluding hydrogens is 412 g/mol. The maximum atomic E-state index is 5.44. The van der Waals surface area contributed by atoms with Gasteiger partial charge in [0.15, 0.2) is 0 Å². The summed E-state index contributed by atoms with van der Waals surface area (Å²) >= 11 is 9.95. The van der Waals surface area contributed by atoms with Crippen LogP contribution in [-0.2, 0) is 6.42 Å². The topological polar surface area (TPSA) is 102 Å². The van der Waals surface area contributed by atoms with Gasteiger partial charge in [-0.2, -0.15) is 0 Å². The lowest BCUT2D eigenvalue weighted by molar-refractivity contribution is 0.414. The van der Waals surface area contributed by atoms with Gasteiger partial charge in [0.2, 0.25) is 11.8 Å². The van der Waals surface area contributed by atoms with Crippen molar-refractivity contribution in [3.05, 3.63) is 57.2 Å². The largest absolute Gasteiger partial charge is 0.496 e. The molecule has 0 aliphatic heterocycles. The minimum atomic E-state index is 0.205. The number of aromatic nitrogens is 4. The molecule has 8 nitrogen and oxygen atoms in total. The van der Waals surface area contributed by atoms with Gasteiger partial charge in [-0.05, 0) is 66.2 Å². The van der Waals surface area contributed by atoms with Crippen LogP contribution in [0.3, 0.4) is 0 Å². The van der Waals surface area contributed by atoms with Crippen molar-refractivity contribution >= 4 is 24.4 Å². The van der Waals surface area contributed by atoms with Crippen molar-refractivity contribution in [2.75, 3.05) is 14.2 Å². The third kappa shape index (κ3) is 3.98. The zero-order valence-electron chi connectivity index (χ0n) is 15.5. The lowest BCUT2D eigenvalue weighted by atomic mass is 10.00. The van der Waals surface area contributed by atoms with Crippen molar-refractivity contribution in [1.82, 2.24) is 20.4 Å². The summed E-state index contributed by atoms with van der Waals surface area (Å²) in [5.41, 5.74) is 3.49. The van der Waals surface area contributed by atoms with Crippen molar-refractivity contribution in [2.45, 2.75) is 6.42 Å². The molecule has 0 bridgehead atoms. The molecular formula is C19H16N4O4S2. The van der Waals surface area contributed by atoms with Gasteiger partial charge in [0, 0.05) is 0 Å². The fourth-order valence-electron chi connectivity index (χ4n) is 2.99. The standard InChI is InChI=1S/C19H16N4O4S2/c1-24-14-5-3-10(8-12(14)16-20-22-18(28)26-16)7-11-4-6-15(25-2)13(9-11)17-21-23-19(29)27-17/h3-6,8-9H,7H2,1-2H3,(H,22,28)(H,23,29). The molecule has 0 radical (unpaired) electrons. The summed E-state index contributed by atoms with van der Waals surface area (Å²) in [6, 6.07) is 11.6. The summed E-state index contributed by atoms with van der Waals surface area (Å²) in [6.07, 6.45) is 0.643. The summed E-state index contributed by atoms with van der Waals surface area (Å²) in [7, 11) is 3.19. The predicted octanol–water partition coefficient (Wildman–Crippen LogP) is 4.72. The lowest BCUT2D eigenvalue weighted by Gasteiger charge is -2.10. The number of methoxy groups -OCH3 is 2. The molecule has 10 heteroatoms. The van der Waals surface area contributed by atoms with Gasteiger partial charge in [-0.25, -0.2) is 10.2 Å². The van der Waals surface area contributed by atoms with E-state index in [0.717, 1.165) is 11.1 Å². The molecule has 0 saturated carbocycles. The predicted molar refractivity (Wildman–Crippen MR) is 110 cm³/mol. The number of aromatic amines is 2. The second kappa shape index (κ2) is 8.02. The Labute approximate surface area is 175 Å². The number of nitrogens with one attached hydrogen (secondary N) is 2. The molecule has 2 N–H and O–H groups in total. The third-order valence-electron chi connectivity index (χ3n) is 4.27. The van der Waals surface area contributed by atoms with Crippen LogP contribution < -0.4 is 9.47 Å². The third-order valence-corrected chi connectivity index (χ3v) is 4.62. The highest BCUT2D eigenvalue weighted by molar-refractivity contribution is 7.71. The van der Waals surface area contributed by atoms with Crippen LogP contribution in [0.4, 0.5) is 0 Å².